The molecular weight excluding hydrogens is 295 g/mol. The lowest BCUT2D eigenvalue weighted by Gasteiger charge is -2.12. The van der Waals surface area contributed by atoms with Gasteiger partial charge in [0.1, 0.15) is 6.04 Å². The Morgan fingerprint density at radius 3 is 2.41 bits per heavy atom. The lowest BCUT2D eigenvalue weighted by Crippen LogP contribution is -2.31. The minimum Gasteiger partial charge on any atom is -0.316 e. The van der Waals surface area contributed by atoms with Crippen LogP contribution in [-0.4, -0.2) is 12.1 Å². The zero-order chi connectivity index (χ0) is 16.2. The van der Waals surface area contributed by atoms with Gasteiger partial charge >= 0.3 is 6.18 Å². The summed E-state index contributed by atoms with van der Waals surface area (Å²) < 4.78 is 37.4. The Kier molecular flexibility index (Phi) is 5.18. The number of carbonyl (C=O) groups excluding carboxylic acids is 1. The number of hydrogen-bond acceptors (Lipinski definition) is 3. The van der Waals surface area contributed by atoms with Gasteiger partial charge in [0.2, 0.25) is 0 Å². The molecular formula is C15H18F3N3O. The first-order valence-corrected chi connectivity index (χ1v) is 7.13. The van der Waals surface area contributed by atoms with Gasteiger partial charge in [0.15, 0.2) is 0 Å². The fourth-order valence-electron chi connectivity index (χ4n) is 2.41. The Bertz CT molecular complexity index is 534. The van der Waals surface area contributed by atoms with Crippen molar-refractivity contribution in [1.82, 2.24) is 5.43 Å². The molecule has 120 valence electrons. The Morgan fingerprint density at radius 1 is 1.27 bits per heavy atom. The van der Waals surface area contributed by atoms with Gasteiger partial charge in [0, 0.05) is 6.21 Å². The van der Waals surface area contributed by atoms with Gasteiger partial charge in [-0.05, 0) is 36.5 Å². The standard InChI is InChI=1S/C15H18F3N3O/c16-15(17,18)12-7-5-11(6-8-12)13(19)14(22)21-20-9-10-3-1-2-4-10/h5-10,13H,1-4,19H2,(H,21,22)/b20-9+/t13-/m0/s1. The van der Waals surface area contributed by atoms with Gasteiger partial charge in [0.25, 0.3) is 5.91 Å². The van der Waals surface area contributed by atoms with Crippen molar-refractivity contribution in [2.45, 2.75) is 37.9 Å². The van der Waals surface area contributed by atoms with E-state index in [2.05, 4.69) is 10.5 Å². The largest absolute Gasteiger partial charge is 0.416 e. The smallest absolute Gasteiger partial charge is 0.316 e. The highest BCUT2D eigenvalue weighted by Gasteiger charge is 2.30. The second kappa shape index (κ2) is 6.91. The Hall–Kier alpha value is -1.89. The highest BCUT2D eigenvalue weighted by atomic mass is 19.4. The minimum absolute atomic E-state index is 0.307. The Labute approximate surface area is 126 Å². The summed E-state index contributed by atoms with van der Waals surface area (Å²) in [6.45, 7) is 0. The van der Waals surface area contributed by atoms with Crippen molar-refractivity contribution < 1.29 is 18.0 Å². The van der Waals surface area contributed by atoms with Gasteiger partial charge in [0.05, 0.1) is 5.56 Å². The molecule has 7 heteroatoms. The van der Waals surface area contributed by atoms with E-state index in [1.807, 2.05) is 0 Å². The molecule has 0 unspecified atom stereocenters. The molecule has 3 N–H and O–H groups in total. The van der Waals surface area contributed by atoms with Crippen LogP contribution in [0.25, 0.3) is 0 Å². The highest BCUT2D eigenvalue weighted by molar-refractivity contribution is 5.83. The monoisotopic (exact) mass is 313 g/mol. The molecule has 22 heavy (non-hydrogen) atoms. The van der Waals surface area contributed by atoms with Crippen LogP contribution in [-0.2, 0) is 11.0 Å². The number of nitrogens with one attached hydrogen (secondary N) is 1. The van der Waals surface area contributed by atoms with Gasteiger partial charge in [-0.2, -0.15) is 18.3 Å². The molecule has 1 aromatic rings. The van der Waals surface area contributed by atoms with Crippen LogP contribution in [0, 0.1) is 5.92 Å². The predicted molar refractivity (Wildman–Crippen MR) is 77.0 cm³/mol. The lowest BCUT2D eigenvalue weighted by atomic mass is 10.0. The van der Waals surface area contributed by atoms with Gasteiger partial charge < -0.3 is 5.73 Å². The second-order valence-electron chi connectivity index (χ2n) is 5.40. The maximum absolute atomic E-state index is 12.5. The summed E-state index contributed by atoms with van der Waals surface area (Å²) in [6.07, 6.45) is 1.74. The molecule has 1 aliphatic carbocycles. The SMILES string of the molecule is N[C@H](C(=O)N/N=C/C1CCCC1)c1ccc(C(F)(F)F)cc1. The molecule has 0 heterocycles. The molecule has 1 fully saturated rings. The van der Waals surface area contributed by atoms with E-state index in [1.54, 1.807) is 6.21 Å². The van der Waals surface area contributed by atoms with Crippen molar-refractivity contribution in [3.63, 3.8) is 0 Å². The highest BCUT2D eigenvalue weighted by Crippen LogP contribution is 2.29. The predicted octanol–water partition coefficient (Wildman–Crippen LogP) is 3.00. The van der Waals surface area contributed by atoms with Crippen molar-refractivity contribution >= 4 is 12.1 Å². The molecule has 1 saturated carbocycles. The normalized spacial score (nSPS) is 17.8. The molecule has 1 aliphatic rings. The van der Waals surface area contributed by atoms with E-state index in [9.17, 15) is 18.0 Å². The number of nitrogens with zero attached hydrogens (tertiary/aromatic N) is 1. The molecule has 0 aromatic heterocycles. The first-order valence-electron chi connectivity index (χ1n) is 7.13. The van der Waals surface area contributed by atoms with Crippen molar-refractivity contribution in [3.05, 3.63) is 35.4 Å². The van der Waals surface area contributed by atoms with Crippen LogP contribution < -0.4 is 11.2 Å². The third kappa shape index (κ3) is 4.30. The van der Waals surface area contributed by atoms with Crippen LogP contribution in [0.5, 0.6) is 0 Å². The number of hydrazone groups is 1. The quantitative estimate of drug-likeness (QED) is 0.663. The van der Waals surface area contributed by atoms with Crippen LogP contribution in [0.3, 0.4) is 0 Å². The second-order valence-corrected chi connectivity index (χ2v) is 5.40. The summed E-state index contributed by atoms with van der Waals surface area (Å²) in [6, 6.07) is 3.17. The van der Waals surface area contributed by atoms with Crippen LogP contribution in [0.2, 0.25) is 0 Å². The number of benzene rings is 1. The van der Waals surface area contributed by atoms with E-state index in [0.29, 0.717) is 11.5 Å². The summed E-state index contributed by atoms with van der Waals surface area (Å²) >= 11 is 0. The van der Waals surface area contributed by atoms with Gasteiger partial charge in [-0.1, -0.05) is 25.0 Å². The number of rotatable bonds is 4. The average molecular weight is 313 g/mol. The van der Waals surface area contributed by atoms with Crippen molar-refractivity contribution in [2.75, 3.05) is 0 Å². The lowest BCUT2D eigenvalue weighted by molar-refractivity contribution is -0.137. The Balaban J connectivity index is 1.92. The molecule has 0 saturated heterocycles. The van der Waals surface area contributed by atoms with Gasteiger partial charge in [-0.3, -0.25) is 4.79 Å². The van der Waals surface area contributed by atoms with Gasteiger partial charge in [-0.25, -0.2) is 5.43 Å². The van der Waals surface area contributed by atoms with E-state index in [0.717, 1.165) is 37.8 Å². The number of carbonyl (C=O) groups is 1. The average Bonchev–Trinajstić information content (AvgIpc) is 2.99. The fourth-order valence-corrected chi connectivity index (χ4v) is 2.41. The van der Waals surface area contributed by atoms with Crippen LogP contribution >= 0.6 is 0 Å². The van der Waals surface area contributed by atoms with Crippen LogP contribution in [0.15, 0.2) is 29.4 Å². The zero-order valence-electron chi connectivity index (χ0n) is 11.9. The molecule has 1 aromatic carbocycles. The summed E-state index contributed by atoms with van der Waals surface area (Å²) in [7, 11) is 0. The number of nitrogens with two attached hydrogens (primary N) is 1. The molecule has 4 nitrogen and oxygen atoms in total. The number of alkyl halides is 3. The van der Waals surface area contributed by atoms with E-state index >= 15 is 0 Å². The topological polar surface area (TPSA) is 67.5 Å². The Morgan fingerprint density at radius 2 is 1.86 bits per heavy atom. The maximum atomic E-state index is 12.5. The third-order valence-corrected chi connectivity index (χ3v) is 3.74. The molecule has 0 bridgehead atoms. The minimum atomic E-state index is -4.41. The number of amides is 1. The number of halogens is 3. The molecule has 0 aliphatic heterocycles. The number of hydrogen-bond donors (Lipinski definition) is 2. The van der Waals surface area contributed by atoms with Crippen LogP contribution in [0.4, 0.5) is 13.2 Å². The molecule has 0 radical (unpaired) electrons. The molecule has 2 rings (SSSR count). The molecule has 0 spiro atoms. The van der Waals surface area contributed by atoms with E-state index in [1.165, 1.54) is 12.1 Å². The molecule has 1 atom stereocenters. The summed E-state index contributed by atoms with van der Waals surface area (Å²) in [5, 5.41) is 3.87. The summed E-state index contributed by atoms with van der Waals surface area (Å²) in [5.41, 5.74) is 7.59. The van der Waals surface area contributed by atoms with Gasteiger partial charge in [-0.15, -0.1) is 0 Å². The maximum Gasteiger partial charge on any atom is 0.416 e. The fraction of sp³-hybridized carbons (Fsp3) is 0.467. The van der Waals surface area contributed by atoms with Crippen molar-refractivity contribution in [1.29, 1.82) is 0 Å². The van der Waals surface area contributed by atoms with E-state index in [4.69, 9.17) is 5.73 Å². The van der Waals surface area contributed by atoms with Crippen LogP contribution in [0.1, 0.15) is 42.9 Å². The van der Waals surface area contributed by atoms with E-state index < -0.39 is 23.7 Å². The summed E-state index contributed by atoms with van der Waals surface area (Å²) in [5.74, 6) is -0.170. The first kappa shape index (κ1) is 16.5. The summed E-state index contributed by atoms with van der Waals surface area (Å²) in [4.78, 5) is 11.8. The molecule has 1 amide bonds. The van der Waals surface area contributed by atoms with E-state index in [-0.39, 0.29) is 0 Å². The third-order valence-electron chi connectivity index (χ3n) is 3.74. The first-order chi connectivity index (χ1) is 10.4. The zero-order valence-corrected chi connectivity index (χ0v) is 11.9. The van der Waals surface area contributed by atoms with Crippen molar-refractivity contribution in [3.8, 4) is 0 Å². The van der Waals surface area contributed by atoms with Crippen molar-refractivity contribution in [2.24, 2.45) is 16.8 Å².